The fourth-order valence-electron chi connectivity index (χ4n) is 2.60. The van der Waals surface area contributed by atoms with Gasteiger partial charge in [0.25, 0.3) is 0 Å². The lowest BCUT2D eigenvalue weighted by atomic mass is 9.76. The molecule has 1 atom stereocenters. The highest BCUT2D eigenvalue weighted by atomic mass is 35.5. The third-order valence-electron chi connectivity index (χ3n) is 3.76. The van der Waals surface area contributed by atoms with Crippen LogP contribution in [0.3, 0.4) is 0 Å². The molecule has 0 amide bonds. The molecule has 3 heteroatoms. The van der Waals surface area contributed by atoms with Crippen molar-refractivity contribution in [1.82, 2.24) is 5.32 Å². The average molecular weight is 276 g/mol. The number of hydrogen-bond donors (Lipinski definition) is 2. The molecule has 0 radical (unpaired) electrons. The summed E-state index contributed by atoms with van der Waals surface area (Å²) in [5.41, 5.74) is 0.975. The van der Waals surface area contributed by atoms with E-state index < -0.39 is 5.60 Å². The Morgan fingerprint density at radius 1 is 0.895 bits per heavy atom. The SMILES string of the molecule is Cl.OC(c1ccccc1)(c1ccccc1)[C@@H]1CCN1. The quantitative estimate of drug-likeness (QED) is 0.903. The van der Waals surface area contributed by atoms with E-state index in [2.05, 4.69) is 5.32 Å². The zero-order valence-electron chi connectivity index (χ0n) is 10.6. The maximum absolute atomic E-state index is 11.2. The number of rotatable bonds is 3. The summed E-state index contributed by atoms with van der Waals surface area (Å²) >= 11 is 0. The summed E-state index contributed by atoms with van der Waals surface area (Å²) in [5, 5.41) is 14.5. The molecule has 0 aromatic heterocycles. The maximum atomic E-state index is 11.2. The summed E-state index contributed by atoms with van der Waals surface area (Å²) in [7, 11) is 0. The molecule has 2 N–H and O–H groups in total. The van der Waals surface area contributed by atoms with Crippen LogP contribution in [0.5, 0.6) is 0 Å². The molecule has 0 aliphatic carbocycles. The van der Waals surface area contributed by atoms with Crippen LogP contribution in [-0.2, 0) is 5.60 Å². The molecule has 1 saturated heterocycles. The molecule has 0 unspecified atom stereocenters. The van der Waals surface area contributed by atoms with E-state index in [0.717, 1.165) is 24.1 Å². The van der Waals surface area contributed by atoms with Gasteiger partial charge in [0.05, 0.1) is 0 Å². The van der Waals surface area contributed by atoms with E-state index in [4.69, 9.17) is 0 Å². The van der Waals surface area contributed by atoms with Crippen molar-refractivity contribution in [2.45, 2.75) is 18.1 Å². The largest absolute Gasteiger partial charge is 0.379 e. The highest BCUT2D eigenvalue weighted by molar-refractivity contribution is 5.85. The van der Waals surface area contributed by atoms with Gasteiger partial charge in [0.1, 0.15) is 5.60 Å². The minimum Gasteiger partial charge on any atom is -0.379 e. The summed E-state index contributed by atoms with van der Waals surface area (Å²) in [6.45, 7) is 0.979. The van der Waals surface area contributed by atoms with E-state index in [1.807, 2.05) is 60.7 Å². The number of benzene rings is 2. The maximum Gasteiger partial charge on any atom is 0.130 e. The van der Waals surface area contributed by atoms with Crippen molar-refractivity contribution in [3.63, 3.8) is 0 Å². The molecule has 100 valence electrons. The van der Waals surface area contributed by atoms with Gasteiger partial charge in [0, 0.05) is 6.04 Å². The van der Waals surface area contributed by atoms with E-state index in [1.54, 1.807) is 0 Å². The Morgan fingerprint density at radius 3 is 1.63 bits per heavy atom. The monoisotopic (exact) mass is 275 g/mol. The smallest absolute Gasteiger partial charge is 0.130 e. The first-order valence-corrected chi connectivity index (χ1v) is 6.38. The molecule has 2 aromatic rings. The van der Waals surface area contributed by atoms with Crippen LogP contribution < -0.4 is 5.32 Å². The van der Waals surface area contributed by atoms with Gasteiger partial charge >= 0.3 is 0 Å². The van der Waals surface area contributed by atoms with Crippen molar-refractivity contribution < 1.29 is 5.11 Å². The van der Waals surface area contributed by atoms with E-state index in [1.165, 1.54) is 0 Å². The molecule has 1 aliphatic rings. The zero-order chi connectivity index (χ0) is 12.4. The predicted octanol–water partition coefficient (Wildman–Crippen LogP) is 2.71. The van der Waals surface area contributed by atoms with Crippen LogP contribution >= 0.6 is 12.4 Å². The van der Waals surface area contributed by atoms with Crippen LogP contribution in [-0.4, -0.2) is 17.7 Å². The van der Waals surface area contributed by atoms with Gasteiger partial charge < -0.3 is 10.4 Å². The Bertz CT molecular complexity index is 471. The fourth-order valence-corrected chi connectivity index (χ4v) is 2.60. The van der Waals surface area contributed by atoms with E-state index in [9.17, 15) is 5.11 Å². The second kappa shape index (κ2) is 5.74. The summed E-state index contributed by atoms with van der Waals surface area (Å²) < 4.78 is 0. The molecule has 2 nitrogen and oxygen atoms in total. The van der Waals surface area contributed by atoms with Gasteiger partial charge in [-0.05, 0) is 24.1 Å². The average Bonchev–Trinajstić information content (AvgIpc) is 2.38. The second-order valence-electron chi connectivity index (χ2n) is 4.79. The first-order valence-electron chi connectivity index (χ1n) is 6.38. The normalized spacial score (nSPS) is 18.3. The van der Waals surface area contributed by atoms with Crippen molar-refractivity contribution >= 4 is 12.4 Å². The van der Waals surface area contributed by atoms with Gasteiger partial charge in [-0.15, -0.1) is 12.4 Å². The number of aliphatic hydroxyl groups is 1. The van der Waals surface area contributed by atoms with Crippen molar-refractivity contribution in [1.29, 1.82) is 0 Å². The van der Waals surface area contributed by atoms with Crippen LogP contribution in [0.4, 0.5) is 0 Å². The fraction of sp³-hybridized carbons (Fsp3) is 0.250. The molecule has 1 fully saturated rings. The zero-order valence-corrected chi connectivity index (χ0v) is 11.4. The number of halogens is 1. The summed E-state index contributed by atoms with van der Waals surface area (Å²) in [6.07, 6.45) is 1.00. The lowest BCUT2D eigenvalue weighted by molar-refractivity contribution is 0.0114. The second-order valence-corrected chi connectivity index (χ2v) is 4.79. The summed E-state index contributed by atoms with van der Waals surface area (Å²) in [4.78, 5) is 0. The van der Waals surface area contributed by atoms with Crippen LogP contribution in [0.25, 0.3) is 0 Å². The van der Waals surface area contributed by atoms with Gasteiger partial charge in [-0.25, -0.2) is 0 Å². The lowest BCUT2D eigenvalue weighted by Gasteiger charge is -2.43. The van der Waals surface area contributed by atoms with Gasteiger partial charge in [0.2, 0.25) is 0 Å². The Labute approximate surface area is 119 Å². The van der Waals surface area contributed by atoms with Gasteiger partial charge in [-0.3, -0.25) is 0 Å². The minimum absolute atomic E-state index is 0. The molecular formula is C16H18ClNO. The van der Waals surface area contributed by atoms with Crippen LogP contribution in [0.2, 0.25) is 0 Å². The summed E-state index contributed by atoms with van der Waals surface area (Å²) in [5.74, 6) is 0. The van der Waals surface area contributed by atoms with Gasteiger partial charge in [-0.1, -0.05) is 60.7 Å². The van der Waals surface area contributed by atoms with Crippen molar-refractivity contribution in [3.05, 3.63) is 71.8 Å². The molecule has 2 aromatic carbocycles. The molecule has 1 aliphatic heterocycles. The van der Waals surface area contributed by atoms with Crippen LogP contribution in [0.15, 0.2) is 60.7 Å². The number of nitrogens with one attached hydrogen (secondary N) is 1. The third-order valence-corrected chi connectivity index (χ3v) is 3.76. The molecule has 0 spiro atoms. The first-order chi connectivity index (χ1) is 8.82. The molecule has 0 bridgehead atoms. The van der Waals surface area contributed by atoms with Gasteiger partial charge in [-0.2, -0.15) is 0 Å². The van der Waals surface area contributed by atoms with Crippen molar-refractivity contribution in [2.75, 3.05) is 6.54 Å². The summed E-state index contributed by atoms with van der Waals surface area (Å²) in [6, 6.07) is 19.9. The Morgan fingerprint density at radius 2 is 1.32 bits per heavy atom. The highest BCUT2D eigenvalue weighted by Gasteiger charge is 2.42. The van der Waals surface area contributed by atoms with E-state index >= 15 is 0 Å². The molecule has 1 heterocycles. The molecular weight excluding hydrogens is 258 g/mol. The van der Waals surface area contributed by atoms with E-state index in [-0.39, 0.29) is 18.4 Å². The minimum atomic E-state index is -0.930. The predicted molar refractivity (Wildman–Crippen MR) is 79.5 cm³/mol. The Hall–Kier alpha value is -1.35. The van der Waals surface area contributed by atoms with Crippen LogP contribution in [0, 0.1) is 0 Å². The molecule has 0 saturated carbocycles. The topological polar surface area (TPSA) is 32.3 Å². The third kappa shape index (κ3) is 2.39. The lowest BCUT2D eigenvalue weighted by Crippen LogP contribution is -2.57. The van der Waals surface area contributed by atoms with E-state index in [0.29, 0.717) is 0 Å². The van der Waals surface area contributed by atoms with Crippen molar-refractivity contribution in [3.8, 4) is 0 Å². The van der Waals surface area contributed by atoms with Crippen molar-refractivity contribution in [2.24, 2.45) is 0 Å². The Balaban J connectivity index is 0.00000133. The standard InChI is InChI=1S/C16H17NO.ClH/c18-16(15-11-12-17-15,13-7-3-1-4-8-13)14-9-5-2-6-10-14;/h1-10,15,17-18H,11-12H2;1H/t15-;/m0./s1. The highest BCUT2D eigenvalue weighted by Crippen LogP contribution is 2.36. The van der Waals surface area contributed by atoms with Gasteiger partial charge in [0.15, 0.2) is 0 Å². The Kier molecular flexibility index (Phi) is 4.25. The molecule has 3 rings (SSSR count). The molecule has 19 heavy (non-hydrogen) atoms. The van der Waals surface area contributed by atoms with Crippen LogP contribution in [0.1, 0.15) is 17.5 Å². The number of hydrogen-bond acceptors (Lipinski definition) is 2. The first kappa shape index (κ1) is 14.1.